The molecule has 0 atom stereocenters. The van der Waals surface area contributed by atoms with Crippen LogP contribution in [0.25, 0.3) is 20.8 Å². The molecule has 3 aromatic rings. The van der Waals surface area contributed by atoms with Gasteiger partial charge in [-0.25, -0.2) is 4.98 Å². The topological polar surface area (TPSA) is 91.3 Å². The van der Waals surface area contributed by atoms with Crippen LogP contribution in [0.1, 0.15) is 5.56 Å². The molecule has 0 saturated carbocycles. The van der Waals surface area contributed by atoms with E-state index in [1.807, 2.05) is 31.2 Å². The average Bonchev–Trinajstić information content (AvgIpc) is 3.03. The number of aryl methyl sites for hydroxylation is 1. The van der Waals surface area contributed by atoms with Crippen molar-refractivity contribution in [1.82, 2.24) is 10.3 Å². The summed E-state index contributed by atoms with van der Waals surface area (Å²) in [5.41, 5.74) is 3.62. The number of rotatable bonds is 4. The van der Waals surface area contributed by atoms with Crippen LogP contribution < -0.4 is 10.6 Å². The lowest BCUT2D eigenvalue weighted by Gasteiger charge is -2.06. The van der Waals surface area contributed by atoms with Crippen LogP contribution in [0.3, 0.4) is 0 Å². The van der Waals surface area contributed by atoms with Gasteiger partial charge in [-0.1, -0.05) is 6.07 Å². The third-order valence-electron chi connectivity index (χ3n) is 3.54. The molecule has 7 heteroatoms. The summed E-state index contributed by atoms with van der Waals surface area (Å²) in [6.07, 6.45) is 0. The maximum Gasteiger partial charge on any atom is 0.313 e. The van der Waals surface area contributed by atoms with Crippen molar-refractivity contribution in [3.63, 3.8) is 0 Å². The molecule has 6 nitrogen and oxygen atoms in total. The lowest BCUT2D eigenvalue weighted by Crippen LogP contribution is -2.36. The van der Waals surface area contributed by atoms with E-state index < -0.39 is 11.8 Å². The molecule has 0 spiro atoms. The Labute approximate surface area is 148 Å². The van der Waals surface area contributed by atoms with Gasteiger partial charge < -0.3 is 15.7 Å². The van der Waals surface area contributed by atoms with E-state index in [4.69, 9.17) is 5.11 Å². The fourth-order valence-corrected chi connectivity index (χ4v) is 3.36. The maximum atomic E-state index is 11.7. The molecule has 0 radical (unpaired) electrons. The average molecular weight is 355 g/mol. The molecule has 1 heterocycles. The molecular formula is C18H17N3O3S. The van der Waals surface area contributed by atoms with Crippen LogP contribution in [0.15, 0.2) is 42.5 Å². The number of hydrogen-bond donors (Lipinski definition) is 3. The molecule has 0 unspecified atom stereocenters. The van der Waals surface area contributed by atoms with Crippen molar-refractivity contribution in [1.29, 1.82) is 0 Å². The zero-order chi connectivity index (χ0) is 17.8. The standard InChI is InChI=1S/C18H17N3O3S/c1-11-2-7-14-15(10-11)25-18(21-14)12-3-5-13(6-4-12)20-17(24)16(23)19-8-9-22/h2-7,10,22H,8-9H2,1H3,(H,19,23)(H,20,24). The zero-order valence-electron chi connectivity index (χ0n) is 13.6. The molecule has 0 fully saturated rings. The first-order chi connectivity index (χ1) is 12.1. The maximum absolute atomic E-state index is 11.7. The number of nitrogens with one attached hydrogen (secondary N) is 2. The highest BCUT2D eigenvalue weighted by Gasteiger charge is 2.13. The minimum atomic E-state index is -0.778. The van der Waals surface area contributed by atoms with Gasteiger partial charge in [-0.15, -0.1) is 11.3 Å². The van der Waals surface area contributed by atoms with Gasteiger partial charge in [-0.05, 0) is 48.9 Å². The van der Waals surface area contributed by atoms with E-state index in [1.165, 1.54) is 5.56 Å². The van der Waals surface area contributed by atoms with Crippen molar-refractivity contribution in [3.05, 3.63) is 48.0 Å². The summed E-state index contributed by atoms with van der Waals surface area (Å²) in [4.78, 5) is 27.8. The Kier molecular flexibility index (Phi) is 5.06. The number of nitrogens with zero attached hydrogens (tertiary/aromatic N) is 1. The van der Waals surface area contributed by atoms with E-state index in [0.29, 0.717) is 5.69 Å². The molecule has 0 aliphatic heterocycles. The van der Waals surface area contributed by atoms with Gasteiger partial charge in [-0.3, -0.25) is 9.59 Å². The number of amides is 2. The number of aliphatic hydroxyl groups is 1. The molecule has 2 amide bonds. The van der Waals surface area contributed by atoms with Gasteiger partial charge >= 0.3 is 11.8 Å². The van der Waals surface area contributed by atoms with Crippen molar-refractivity contribution in [2.45, 2.75) is 6.92 Å². The number of carbonyl (C=O) groups is 2. The van der Waals surface area contributed by atoms with Gasteiger partial charge in [0, 0.05) is 17.8 Å². The van der Waals surface area contributed by atoms with E-state index in [-0.39, 0.29) is 13.2 Å². The molecule has 3 rings (SSSR count). The normalized spacial score (nSPS) is 10.6. The monoisotopic (exact) mass is 355 g/mol. The Hall–Kier alpha value is -2.77. The first kappa shape index (κ1) is 17.1. The summed E-state index contributed by atoms with van der Waals surface area (Å²) in [5.74, 6) is -1.55. The van der Waals surface area contributed by atoms with Gasteiger partial charge in [0.05, 0.1) is 16.8 Å². The molecule has 0 aliphatic rings. The second-order valence-electron chi connectivity index (χ2n) is 5.50. The Morgan fingerprint density at radius 1 is 1.12 bits per heavy atom. The third kappa shape index (κ3) is 4.01. The van der Waals surface area contributed by atoms with Crippen LogP contribution in [-0.2, 0) is 9.59 Å². The van der Waals surface area contributed by atoms with E-state index in [1.54, 1.807) is 23.5 Å². The van der Waals surface area contributed by atoms with Gasteiger partial charge in [-0.2, -0.15) is 0 Å². The predicted octanol–water partition coefficient (Wildman–Crippen LogP) is 2.32. The lowest BCUT2D eigenvalue weighted by atomic mass is 10.2. The summed E-state index contributed by atoms with van der Waals surface area (Å²) < 4.78 is 1.13. The zero-order valence-corrected chi connectivity index (χ0v) is 14.4. The van der Waals surface area contributed by atoms with Crippen molar-refractivity contribution < 1.29 is 14.7 Å². The van der Waals surface area contributed by atoms with Crippen molar-refractivity contribution in [3.8, 4) is 10.6 Å². The number of anilines is 1. The minimum absolute atomic E-state index is 0.0439. The Bertz CT molecular complexity index is 919. The number of benzene rings is 2. The molecule has 0 saturated heterocycles. The number of aromatic nitrogens is 1. The van der Waals surface area contributed by atoms with Crippen LogP contribution in [0.5, 0.6) is 0 Å². The summed E-state index contributed by atoms with van der Waals surface area (Å²) in [6.45, 7) is 1.88. The van der Waals surface area contributed by atoms with E-state index in [2.05, 4.69) is 21.7 Å². The van der Waals surface area contributed by atoms with Crippen molar-refractivity contribution in [2.75, 3.05) is 18.5 Å². The van der Waals surface area contributed by atoms with Crippen LogP contribution >= 0.6 is 11.3 Å². The van der Waals surface area contributed by atoms with Crippen LogP contribution in [0, 0.1) is 6.92 Å². The fraction of sp³-hybridized carbons (Fsp3) is 0.167. The van der Waals surface area contributed by atoms with Gasteiger partial charge in [0.25, 0.3) is 0 Å². The highest BCUT2D eigenvalue weighted by atomic mass is 32.1. The minimum Gasteiger partial charge on any atom is -0.395 e. The molecule has 2 aromatic carbocycles. The second-order valence-corrected chi connectivity index (χ2v) is 6.53. The van der Waals surface area contributed by atoms with E-state index >= 15 is 0 Å². The Morgan fingerprint density at radius 3 is 2.60 bits per heavy atom. The van der Waals surface area contributed by atoms with Crippen LogP contribution in [-0.4, -0.2) is 35.1 Å². The number of carbonyl (C=O) groups excluding carboxylic acids is 2. The smallest absolute Gasteiger partial charge is 0.313 e. The molecule has 128 valence electrons. The highest BCUT2D eigenvalue weighted by molar-refractivity contribution is 7.21. The van der Waals surface area contributed by atoms with Gasteiger partial charge in [0.15, 0.2) is 0 Å². The van der Waals surface area contributed by atoms with Crippen LogP contribution in [0.4, 0.5) is 5.69 Å². The highest BCUT2D eigenvalue weighted by Crippen LogP contribution is 2.31. The molecule has 1 aromatic heterocycles. The lowest BCUT2D eigenvalue weighted by molar-refractivity contribution is -0.136. The molecule has 25 heavy (non-hydrogen) atoms. The Balaban J connectivity index is 1.73. The van der Waals surface area contributed by atoms with E-state index in [0.717, 1.165) is 20.8 Å². The number of thiazole rings is 1. The SMILES string of the molecule is Cc1ccc2nc(-c3ccc(NC(=O)C(=O)NCCO)cc3)sc2c1. The summed E-state index contributed by atoms with van der Waals surface area (Å²) in [5, 5.41) is 14.4. The summed E-state index contributed by atoms with van der Waals surface area (Å²) in [7, 11) is 0. The van der Waals surface area contributed by atoms with Crippen LogP contribution in [0.2, 0.25) is 0 Å². The predicted molar refractivity (Wildman–Crippen MR) is 98.5 cm³/mol. The fourth-order valence-electron chi connectivity index (χ4n) is 2.29. The molecular weight excluding hydrogens is 338 g/mol. The third-order valence-corrected chi connectivity index (χ3v) is 4.60. The van der Waals surface area contributed by atoms with Gasteiger partial charge in [0.2, 0.25) is 0 Å². The molecule has 0 aliphatic carbocycles. The van der Waals surface area contributed by atoms with E-state index in [9.17, 15) is 9.59 Å². The first-order valence-electron chi connectivity index (χ1n) is 7.74. The van der Waals surface area contributed by atoms with Crippen molar-refractivity contribution in [2.24, 2.45) is 0 Å². The second kappa shape index (κ2) is 7.42. The summed E-state index contributed by atoms with van der Waals surface area (Å²) >= 11 is 1.61. The quantitative estimate of drug-likeness (QED) is 0.627. The number of hydrogen-bond acceptors (Lipinski definition) is 5. The Morgan fingerprint density at radius 2 is 1.88 bits per heavy atom. The first-order valence-corrected chi connectivity index (χ1v) is 8.56. The molecule has 3 N–H and O–H groups in total. The number of fused-ring (bicyclic) bond motifs is 1. The summed E-state index contributed by atoms with van der Waals surface area (Å²) in [6, 6.07) is 13.3. The van der Waals surface area contributed by atoms with Crippen molar-refractivity contribution >= 4 is 39.1 Å². The van der Waals surface area contributed by atoms with Gasteiger partial charge in [0.1, 0.15) is 5.01 Å². The number of aliphatic hydroxyl groups excluding tert-OH is 1. The molecule has 0 bridgehead atoms. The largest absolute Gasteiger partial charge is 0.395 e.